The number of nitrogens with zero attached hydrogens (tertiary/aromatic N) is 3. The van der Waals surface area contributed by atoms with Gasteiger partial charge in [0.05, 0.1) is 5.75 Å². The van der Waals surface area contributed by atoms with Gasteiger partial charge in [0.2, 0.25) is 5.91 Å². The standard InChI is InChI=1S/C19H19ClN4OS/c1-12-5-7-16(8-14(12)3)24-11-21-23-19(24)26-10-18(25)22-17-9-15(20)6-4-13(17)2/h4-9,11H,10H2,1-3H3,(H,22,25). The number of aromatic nitrogens is 3. The van der Waals surface area contributed by atoms with Crippen LogP contribution in [0.4, 0.5) is 5.69 Å². The molecule has 5 nitrogen and oxygen atoms in total. The summed E-state index contributed by atoms with van der Waals surface area (Å²) in [6.45, 7) is 6.06. The Morgan fingerprint density at radius 2 is 1.88 bits per heavy atom. The Balaban J connectivity index is 1.69. The topological polar surface area (TPSA) is 59.8 Å². The average molecular weight is 387 g/mol. The maximum absolute atomic E-state index is 12.3. The van der Waals surface area contributed by atoms with E-state index >= 15 is 0 Å². The number of carbonyl (C=O) groups is 1. The third kappa shape index (κ3) is 4.26. The third-order valence-corrected chi connectivity index (χ3v) is 5.27. The fourth-order valence-corrected chi connectivity index (χ4v) is 3.32. The van der Waals surface area contributed by atoms with E-state index in [2.05, 4.69) is 41.5 Å². The van der Waals surface area contributed by atoms with E-state index in [1.165, 1.54) is 22.9 Å². The molecule has 0 atom stereocenters. The Morgan fingerprint density at radius 3 is 2.65 bits per heavy atom. The van der Waals surface area contributed by atoms with E-state index < -0.39 is 0 Å². The van der Waals surface area contributed by atoms with Gasteiger partial charge in [0.1, 0.15) is 6.33 Å². The fraction of sp³-hybridized carbons (Fsp3) is 0.211. The van der Waals surface area contributed by atoms with Crippen LogP contribution >= 0.6 is 23.4 Å². The highest BCUT2D eigenvalue weighted by molar-refractivity contribution is 7.99. The lowest BCUT2D eigenvalue weighted by Crippen LogP contribution is -2.15. The lowest BCUT2D eigenvalue weighted by Gasteiger charge is -2.10. The third-order valence-electron chi connectivity index (χ3n) is 4.09. The molecule has 0 aliphatic rings. The molecule has 0 saturated carbocycles. The summed E-state index contributed by atoms with van der Waals surface area (Å²) >= 11 is 7.33. The minimum absolute atomic E-state index is 0.116. The second-order valence-electron chi connectivity index (χ2n) is 6.05. The molecule has 2 aromatic carbocycles. The maximum Gasteiger partial charge on any atom is 0.234 e. The highest BCUT2D eigenvalue weighted by Gasteiger charge is 2.12. The quantitative estimate of drug-likeness (QED) is 0.652. The number of anilines is 1. The van der Waals surface area contributed by atoms with Crippen molar-refractivity contribution in [3.05, 3.63) is 64.4 Å². The summed E-state index contributed by atoms with van der Waals surface area (Å²) in [5, 5.41) is 12.3. The van der Waals surface area contributed by atoms with Crippen molar-refractivity contribution in [1.29, 1.82) is 0 Å². The zero-order valence-electron chi connectivity index (χ0n) is 14.8. The van der Waals surface area contributed by atoms with Gasteiger partial charge in [-0.3, -0.25) is 9.36 Å². The number of carbonyl (C=O) groups excluding carboxylic acids is 1. The molecule has 1 heterocycles. The predicted octanol–water partition coefficient (Wildman–Crippen LogP) is 4.58. The van der Waals surface area contributed by atoms with E-state index in [-0.39, 0.29) is 11.7 Å². The molecular formula is C19H19ClN4OS. The van der Waals surface area contributed by atoms with Crippen LogP contribution in [-0.2, 0) is 4.79 Å². The van der Waals surface area contributed by atoms with Gasteiger partial charge in [-0.05, 0) is 61.7 Å². The molecule has 0 radical (unpaired) electrons. The summed E-state index contributed by atoms with van der Waals surface area (Å²) in [7, 11) is 0. The first kappa shape index (κ1) is 18.5. The van der Waals surface area contributed by atoms with Gasteiger partial charge in [-0.1, -0.05) is 35.5 Å². The zero-order chi connectivity index (χ0) is 18.7. The number of thioether (sulfide) groups is 1. The van der Waals surface area contributed by atoms with Crippen molar-refractivity contribution in [3.8, 4) is 5.69 Å². The highest BCUT2D eigenvalue weighted by atomic mass is 35.5. The molecule has 0 saturated heterocycles. The number of amides is 1. The van der Waals surface area contributed by atoms with Crippen LogP contribution in [0.15, 0.2) is 47.9 Å². The Morgan fingerprint density at radius 1 is 1.12 bits per heavy atom. The normalized spacial score (nSPS) is 10.8. The molecular weight excluding hydrogens is 368 g/mol. The van der Waals surface area contributed by atoms with Crippen LogP contribution in [0.25, 0.3) is 5.69 Å². The van der Waals surface area contributed by atoms with Crippen molar-refractivity contribution in [2.24, 2.45) is 0 Å². The number of hydrogen-bond donors (Lipinski definition) is 1. The Labute approximate surface area is 161 Å². The van der Waals surface area contributed by atoms with Crippen molar-refractivity contribution in [2.75, 3.05) is 11.1 Å². The first-order chi connectivity index (χ1) is 12.4. The van der Waals surface area contributed by atoms with Gasteiger partial charge in [-0.15, -0.1) is 10.2 Å². The molecule has 0 fully saturated rings. The molecule has 0 aliphatic carbocycles. The molecule has 0 unspecified atom stereocenters. The molecule has 26 heavy (non-hydrogen) atoms. The van der Waals surface area contributed by atoms with Crippen LogP contribution in [0.3, 0.4) is 0 Å². The number of aryl methyl sites for hydroxylation is 3. The van der Waals surface area contributed by atoms with Crippen molar-refractivity contribution in [3.63, 3.8) is 0 Å². The van der Waals surface area contributed by atoms with Gasteiger partial charge in [-0.2, -0.15) is 0 Å². The molecule has 0 spiro atoms. The number of halogens is 1. The van der Waals surface area contributed by atoms with Crippen LogP contribution in [0.1, 0.15) is 16.7 Å². The van der Waals surface area contributed by atoms with Crippen molar-refractivity contribution in [1.82, 2.24) is 14.8 Å². The largest absolute Gasteiger partial charge is 0.325 e. The van der Waals surface area contributed by atoms with Gasteiger partial charge in [0, 0.05) is 16.4 Å². The molecule has 7 heteroatoms. The Kier molecular flexibility index (Phi) is 5.64. The molecule has 1 N–H and O–H groups in total. The van der Waals surface area contributed by atoms with Gasteiger partial charge in [0.25, 0.3) is 0 Å². The van der Waals surface area contributed by atoms with Crippen molar-refractivity contribution in [2.45, 2.75) is 25.9 Å². The summed E-state index contributed by atoms with van der Waals surface area (Å²) in [5.41, 5.74) is 5.09. The van der Waals surface area contributed by atoms with Crippen LogP contribution in [0, 0.1) is 20.8 Å². The van der Waals surface area contributed by atoms with Crippen LogP contribution in [0.5, 0.6) is 0 Å². The summed E-state index contributed by atoms with van der Waals surface area (Å²) in [5.74, 6) is 0.116. The summed E-state index contributed by atoms with van der Waals surface area (Å²) in [6, 6.07) is 11.6. The number of nitrogens with one attached hydrogen (secondary N) is 1. The van der Waals surface area contributed by atoms with E-state index in [1.807, 2.05) is 23.6 Å². The monoisotopic (exact) mass is 386 g/mol. The highest BCUT2D eigenvalue weighted by Crippen LogP contribution is 2.23. The van der Waals surface area contributed by atoms with Crippen molar-refractivity contribution < 1.29 is 4.79 Å². The van der Waals surface area contributed by atoms with E-state index in [9.17, 15) is 4.79 Å². The van der Waals surface area contributed by atoms with Crippen LogP contribution in [-0.4, -0.2) is 26.4 Å². The molecule has 0 aliphatic heterocycles. The summed E-state index contributed by atoms with van der Waals surface area (Å²) < 4.78 is 1.88. The van der Waals surface area contributed by atoms with E-state index in [0.29, 0.717) is 10.2 Å². The Bertz CT molecular complexity index is 954. The van der Waals surface area contributed by atoms with Gasteiger partial charge >= 0.3 is 0 Å². The van der Waals surface area contributed by atoms with Gasteiger partial charge in [-0.25, -0.2) is 0 Å². The van der Waals surface area contributed by atoms with E-state index in [4.69, 9.17) is 11.6 Å². The van der Waals surface area contributed by atoms with Crippen LogP contribution < -0.4 is 5.32 Å². The molecule has 134 valence electrons. The molecule has 1 amide bonds. The minimum Gasteiger partial charge on any atom is -0.325 e. The number of rotatable bonds is 5. The van der Waals surface area contributed by atoms with Crippen molar-refractivity contribution >= 4 is 35.0 Å². The smallest absolute Gasteiger partial charge is 0.234 e. The summed E-state index contributed by atoms with van der Waals surface area (Å²) in [4.78, 5) is 12.3. The second kappa shape index (κ2) is 7.93. The fourth-order valence-electron chi connectivity index (χ4n) is 2.42. The maximum atomic E-state index is 12.3. The zero-order valence-corrected chi connectivity index (χ0v) is 16.4. The molecule has 1 aromatic heterocycles. The van der Waals surface area contributed by atoms with Gasteiger partial charge in [0.15, 0.2) is 5.16 Å². The summed E-state index contributed by atoms with van der Waals surface area (Å²) in [6.07, 6.45) is 1.66. The lowest BCUT2D eigenvalue weighted by molar-refractivity contribution is -0.113. The van der Waals surface area contributed by atoms with E-state index in [0.717, 1.165) is 16.9 Å². The van der Waals surface area contributed by atoms with E-state index in [1.54, 1.807) is 18.5 Å². The SMILES string of the molecule is Cc1ccc(-n2cnnc2SCC(=O)Nc2cc(Cl)ccc2C)cc1C. The van der Waals surface area contributed by atoms with Crippen LogP contribution in [0.2, 0.25) is 5.02 Å². The second-order valence-corrected chi connectivity index (χ2v) is 7.43. The molecule has 0 bridgehead atoms. The molecule has 3 rings (SSSR count). The minimum atomic E-state index is -0.116. The Hall–Kier alpha value is -2.31. The van der Waals surface area contributed by atoms with Gasteiger partial charge < -0.3 is 5.32 Å². The average Bonchev–Trinajstić information content (AvgIpc) is 3.07. The predicted molar refractivity (Wildman–Crippen MR) is 106 cm³/mol. The number of hydrogen-bond acceptors (Lipinski definition) is 4. The lowest BCUT2D eigenvalue weighted by atomic mass is 10.1. The first-order valence-electron chi connectivity index (χ1n) is 8.10. The first-order valence-corrected chi connectivity index (χ1v) is 9.47. The molecule has 3 aromatic rings. The number of benzene rings is 2.